The standard InChI is InChI=1S/C27H36O5/c1-7-9-13-31-27(30)32-24-16-20(17(3)4)15-22(18(5)6)25(24)23-14-19(10-8-2)11-12-21(23)26(28)29/h11-12,14-18H,7-10,13H2,1-6H3,(H,28,29). The van der Waals surface area contributed by atoms with Crippen LogP contribution in [0.5, 0.6) is 5.75 Å². The molecule has 0 heterocycles. The van der Waals surface area contributed by atoms with Crippen LogP contribution in [0.25, 0.3) is 11.1 Å². The number of rotatable bonds is 10. The second-order valence-corrected chi connectivity index (χ2v) is 8.78. The Morgan fingerprint density at radius 2 is 1.69 bits per heavy atom. The van der Waals surface area contributed by atoms with Crippen LogP contribution in [0.15, 0.2) is 30.3 Å². The summed E-state index contributed by atoms with van der Waals surface area (Å²) in [5.74, 6) is -0.358. The summed E-state index contributed by atoms with van der Waals surface area (Å²) in [7, 11) is 0. The van der Waals surface area contributed by atoms with E-state index in [1.54, 1.807) is 6.07 Å². The molecule has 2 aromatic carbocycles. The molecule has 5 nitrogen and oxygen atoms in total. The molecule has 2 aromatic rings. The van der Waals surface area contributed by atoms with E-state index in [0.29, 0.717) is 16.9 Å². The van der Waals surface area contributed by atoms with Gasteiger partial charge >= 0.3 is 12.1 Å². The van der Waals surface area contributed by atoms with Crippen molar-refractivity contribution in [1.82, 2.24) is 0 Å². The molecule has 0 aliphatic heterocycles. The lowest BCUT2D eigenvalue weighted by atomic mass is 9.85. The first-order valence-electron chi connectivity index (χ1n) is 11.6. The predicted octanol–water partition coefficient (Wildman–Crippen LogP) is 7.57. The SMILES string of the molecule is CCCCOC(=O)Oc1cc(C(C)C)cc(C(C)C)c1-c1cc(CCC)ccc1C(=O)O. The van der Waals surface area contributed by atoms with Gasteiger partial charge in [-0.1, -0.05) is 72.6 Å². The summed E-state index contributed by atoms with van der Waals surface area (Å²) in [5, 5.41) is 9.90. The number of ether oxygens (including phenoxy) is 2. The zero-order chi connectivity index (χ0) is 23.8. The quantitative estimate of drug-likeness (QED) is 0.234. The van der Waals surface area contributed by atoms with Crippen molar-refractivity contribution in [2.75, 3.05) is 6.61 Å². The molecule has 0 saturated heterocycles. The highest BCUT2D eigenvalue weighted by Gasteiger charge is 2.24. The van der Waals surface area contributed by atoms with E-state index in [-0.39, 0.29) is 24.0 Å². The molecule has 0 fully saturated rings. The van der Waals surface area contributed by atoms with Crippen molar-refractivity contribution in [3.63, 3.8) is 0 Å². The van der Waals surface area contributed by atoms with E-state index in [0.717, 1.165) is 42.4 Å². The van der Waals surface area contributed by atoms with Crippen LogP contribution in [0.3, 0.4) is 0 Å². The van der Waals surface area contributed by atoms with Crippen LogP contribution < -0.4 is 4.74 Å². The number of carboxylic acids is 1. The summed E-state index contributed by atoms with van der Waals surface area (Å²) in [6, 6.07) is 9.35. The topological polar surface area (TPSA) is 72.8 Å². The third-order valence-corrected chi connectivity index (χ3v) is 5.48. The Kier molecular flexibility index (Phi) is 9.30. The Bertz CT molecular complexity index is 943. The lowest BCUT2D eigenvalue weighted by Crippen LogP contribution is -2.14. The van der Waals surface area contributed by atoms with Crippen molar-refractivity contribution in [3.05, 3.63) is 52.6 Å². The Hall–Kier alpha value is -2.82. The second-order valence-electron chi connectivity index (χ2n) is 8.78. The fourth-order valence-corrected chi connectivity index (χ4v) is 3.66. The summed E-state index contributed by atoms with van der Waals surface area (Å²) < 4.78 is 10.9. The van der Waals surface area contributed by atoms with Gasteiger partial charge in [0.05, 0.1) is 12.2 Å². The summed E-state index contributed by atoms with van der Waals surface area (Å²) in [6.45, 7) is 12.7. The van der Waals surface area contributed by atoms with Crippen LogP contribution in [0.2, 0.25) is 0 Å². The number of carbonyl (C=O) groups excluding carboxylic acids is 1. The molecule has 1 N–H and O–H groups in total. The minimum atomic E-state index is -1.01. The molecule has 0 saturated carbocycles. The molecular formula is C27H36O5. The van der Waals surface area contributed by atoms with Gasteiger partial charge in [0.2, 0.25) is 0 Å². The molecule has 0 aliphatic carbocycles. The minimum absolute atomic E-state index is 0.0960. The number of aryl methyl sites for hydroxylation is 1. The van der Waals surface area contributed by atoms with E-state index in [1.165, 1.54) is 0 Å². The van der Waals surface area contributed by atoms with Gasteiger partial charge in [0, 0.05) is 11.1 Å². The first-order valence-corrected chi connectivity index (χ1v) is 11.6. The van der Waals surface area contributed by atoms with Crippen molar-refractivity contribution in [2.45, 2.75) is 79.1 Å². The van der Waals surface area contributed by atoms with Gasteiger partial charge in [0.25, 0.3) is 0 Å². The molecule has 32 heavy (non-hydrogen) atoms. The van der Waals surface area contributed by atoms with E-state index >= 15 is 0 Å². The van der Waals surface area contributed by atoms with E-state index in [1.807, 2.05) is 25.1 Å². The van der Waals surface area contributed by atoms with E-state index in [9.17, 15) is 14.7 Å². The predicted molar refractivity (Wildman–Crippen MR) is 128 cm³/mol. The molecule has 0 spiro atoms. The maximum Gasteiger partial charge on any atom is 0.513 e. The second kappa shape index (κ2) is 11.7. The lowest BCUT2D eigenvalue weighted by Gasteiger charge is -2.22. The highest BCUT2D eigenvalue weighted by molar-refractivity contribution is 5.98. The fraction of sp³-hybridized carbons (Fsp3) is 0.481. The smallest absolute Gasteiger partial charge is 0.478 e. The number of aromatic carboxylic acids is 1. The molecule has 0 atom stereocenters. The van der Waals surface area contributed by atoms with Gasteiger partial charge < -0.3 is 14.6 Å². The summed E-state index contributed by atoms with van der Waals surface area (Å²) in [4.78, 5) is 24.6. The van der Waals surface area contributed by atoms with E-state index in [2.05, 4.69) is 40.7 Å². The minimum Gasteiger partial charge on any atom is -0.478 e. The number of carbonyl (C=O) groups is 2. The average Bonchev–Trinajstić information content (AvgIpc) is 2.73. The third-order valence-electron chi connectivity index (χ3n) is 5.48. The molecule has 5 heteroatoms. The Morgan fingerprint density at radius 1 is 0.969 bits per heavy atom. The molecule has 2 rings (SSSR count). The van der Waals surface area contributed by atoms with Crippen molar-refractivity contribution in [3.8, 4) is 16.9 Å². The molecule has 0 unspecified atom stereocenters. The number of hydrogen-bond acceptors (Lipinski definition) is 4. The highest BCUT2D eigenvalue weighted by Crippen LogP contribution is 2.42. The molecular weight excluding hydrogens is 404 g/mol. The normalized spacial score (nSPS) is 11.1. The first kappa shape index (κ1) is 25.4. The molecule has 0 bridgehead atoms. The number of benzene rings is 2. The molecule has 0 aromatic heterocycles. The van der Waals surface area contributed by atoms with Gasteiger partial charge in [-0.05, 0) is 53.5 Å². The molecule has 0 aliphatic rings. The molecule has 174 valence electrons. The number of hydrogen-bond donors (Lipinski definition) is 1. The van der Waals surface area contributed by atoms with E-state index < -0.39 is 12.1 Å². The maximum absolute atomic E-state index is 12.5. The van der Waals surface area contributed by atoms with Crippen molar-refractivity contribution in [2.24, 2.45) is 0 Å². The Morgan fingerprint density at radius 3 is 2.25 bits per heavy atom. The Labute approximate surface area is 191 Å². The highest BCUT2D eigenvalue weighted by atomic mass is 16.7. The van der Waals surface area contributed by atoms with E-state index in [4.69, 9.17) is 9.47 Å². The van der Waals surface area contributed by atoms with Gasteiger partial charge in [-0.25, -0.2) is 9.59 Å². The number of unbranched alkanes of at least 4 members (excludes halogenated alkanes) is 1. The van der Waals surface area contributed by atoms with Crippen LogP contribution in [0, 0.1) is 0 Å². The van der Waals surface area contributed by atoms with Gasteiger partial charge in [0.1, 0.15) is 5.75 Å². The van der Waals surface area contributed by atoms with Crippen LogP contribution in [0.1, 0.15) is 99.7 Å². The lowest BCUT2D eigenvalue weighted by molar-refractivity contribution is 0.0697. The van der Waals surface area contributed by atoms with Crippen molar-refractivity contribution >= 4 is 12.1 Å². The zero-order valence-corrected chi connectivity index (χ0v) is 20.2. The molecule has 0 radical (unpaired) electrons. The van der Waals surface area contributed by atoms with Crippen LogP contribution in [-0.4, -0.2) is 23.8 Å². The van der Waals surface area contributed by atoms with Crippen LogP contribution in [-0.2, 0) is 11.2 Å². The summed E-state index contributed by atoms with van der Waals surface area (Å²) >= 11 is 0. The fourth-order valence-electron chi connectivity index (χ4n) is 3.66. The maximum atomic E-state index is 12.5. The molecule has 0 amide bonds. The zero-order valence-electron chi connectivity index (χ0n) is 20.2. The van der Waals surface area contributed by atoms with Crippen molar-refractivity contribution < 1.29 is 24.2 Å². The summed E-state index contributed by atoms with van der Waals surface area (Å²) in [5.41, 5.74) is 4.42. The monoisotopic (exact) mass is 440 g/mol. The third kappa shape index (κ3) is 6.35. The van der Waals surface area contributed by atoms with Gasteiger partial charge in [-0.15, -0.1) is 0 Å². The van der Waals surface area contributed by atoms with Gasteiger partial charge in [-0.2, -0.15) is 0 Å². The van der Waals surface area contributed by atoms with Crippen LogP contribution >= 0.6 is 0 Å². The first-order chi connectivity index (χ1) is 15.2. The Balaban J connectivity index is 2.75. The largest absolute Gasteiger partial charge is 0.513 e. The summed E-state index contributed by atoms with van der Waals surface area (Å²) in [6.07, 6.45) is 2.68. The van der Waals surface area contributed by atoms with Crippen molar-refractivity contribution in [1.29, 1.82) is 0 Å². The van der Waals surface area contributed by atoms with Crippen LogP contribution in [0.4, 0.5) is 4.79 Å². The number of carboxylic acid groups (broad SMARTS) is 1. The van der Waals surface area contributed by atoms with Gasteiger partial charge in [-0.3, -0.25) is 0 Å². The van der Waals surface area contributed by atoms with Gasteiger partial charge in [0.15, 0.2) is 0 Å². The average molecular weight is 441 g/mol.